The van der Waals surface area contributed by atoms with E-state index in [0.717, 1.165) is 85.3 Å². The molecule has 0 unspecified atom stereocenters. The van der Waals surface area contributed by atoms with Crippen LogP contribution in [0.4, 0.5) is 10.1 Å². The van der Waals surface area contributed by atoms with Crippen LogP contribution in [0.3, 0.4) is 0 Å². The van der Waals surface area contributed by atoms with Crippen molar-refractivity contribution in [1.82, 2.24) is 0 Å². The third kappa shape index (κ3) is 4.47. The van der Waals surface area contributed by atoms with E-state index in [-0.39, 0.29) is 11.2 Å². The van der Waals surface area contributed by atoms with E-state index < -0.39 is 5.60 Å². The van der Waals surface area contributed by atoms with Gasteiger partial charge in [-0.25, -0.2) is 4.39 Å². The molecular formula is C41H37FINO3. The first-order valence-electron chi connectivity index (χ1n) is 16.5. The van der Waals surface area contributed by atoms with Gasteiger partial charge in [-0.05, 0) is 93.4 Å². The van der Waals surface area contributed by atoms with Crippen molar-refractivity contribution >= 4 is 45.1 Å². The molecule has 0 saturated carbocycles. The van der Waals surface area contributed by atoms with Gasteiger partial charge < -0.3 is 19.1 Å². The van der Waals surface area contributed by atoms with Gasteiger partial charge in [-0.3, -0.25) is 0 Å². The molecule has 8 rings (SSSR count). The first-order valence-corrected chi connectivity index (χ1v) is 17.6. The van der Waals surface area contributed by atoms with Crippen molar-refractivity contribution in [2.75, 3.05) is 38.3 Å². The van der Waals surface area contributed by atoms with Crippen LogP contribution in [-0.2, 0) is 15.8 Å². The lowest BCUT2D eigenvalue weighted by Crippen LogP contribution is -2.36. The highest BCUT2D eigenvalue weighted by molar-refractivity contribution is 14.1. The van der Waals surface area contributed by atoms with Crippen molar-refractivity contribution in [2.45, 2.75) is 37.7 Å². The highest BCUT2D eigenvalue weighted by Crippen LogP contribution is 2.62. The lowest BCUT2D eigenvalue weighted by atomic mass is 9.71. The number of anilines is 1. The Balaban J connectivity index is 1.51. The minimum atomic E-state index is -0.847. The van der Waals surface area contributed by atoms with Crippen LogP contribution >= 0.6 is 22.6 Å². The molecule has 5 aromatic rings. The Morgan fingerprint density at radius 3 is 2.13 bits per heavy atom. The molecule has 0 atom stereocenters. The van der Waals surface area contributed by atoms with Gasteiger partial charge >= 0.3 is 0 Å². The van der Waals surface area contributed by atoms with E-state index in [9.17, 15) is 0 Å². The summed E-state index contributed by atoms with van der Waals surface area (Å²) in [5.74, 6) is 1.40. The zero-order valence-corrected chi connectivity index (χ0v) is 29.1. The Kier molecular flexibility index (Phi) is 7.56. The van der Waals surface area contributed by atoms with Crippen molar-refractivity contribution in [3.8, 4) is 22.6 Å². The molecule has 2 aliphatic heterocycles. The lowest BCUT2D eigenvalue weighted by molar-refractivity contribution is 0.122. The maximum Gasteiger partial charge on any atom is 0.178 e. The highest BCUT2D eigenvalue weighted by atomic mass is 127. The number of ether oxygens (including phenoxy) is 3. The molecule has 2 heterocycles. The Bertz CT molecular complexity index is 1990. The van der Waals surface area contributed by atoms with E-state index in [1.54, 1.807) is 19.2 Å². The summed E-state index contributed by atoms with van der Waals surface area (Å²) in [5.41, 5.74) is 7.56. The van der Waals surface area contributed by atoms with Gasteiger partial charge in [0, 0.05) is 44.2 Å². The Hall–Kier alpha value is -3.88. The SMILES string of the molecule is CCC1(CC)c2c(I)cc(F)cc2-c2c1c1c(c3cc(OC)c(N4CCOCC4)cc23)OC(c2ccccc2)(c2ccccc2)C=C1. The number of morpholine rings is 1. The van der Waals surface area contributed by atoms with E-state index in [1.807, 2.05) is 12.1 Å². The number of fused-ring (bicyclic) bond motifs is 8. The van der Waals surface area contributed by atoms with Crippen molar-refractivity contribution < 1.29 is 18.6 Å². The number of hydrogen-bond donors (Lipinski definition) is 0. The summed E-state index contributed by atoms with van der Waals surface area (Å²) in [5, 5.41) is 2.01. The topological polar surface area (TPSA) is 30.9 Å². The number of rotatable bonds is 6. The molecule has 3 aliphatic rings. The molecule has 1 fully saturated rings. The van der Waals surface area contributed by atoms with E-state index >= 15 is 4.39 Å². The third-order valence-electron chi connectivity index (χ3n) is 10.6. The van der Waals surface area contributed by atoms with E-state index in [0.29, 0.717) is 13.2 Å². The van der Waals surface area contributed by atoms with Crippen LogP contribution in [0.25, 0.3) is 28.0 Å². The van der Waals surface area contributed by atoms with E-state index in [4.69, 9.17) is 14.2 Å². The summed E-state index contributed by atoms with van der Waals surface area (Å²) in [7, 11) is 1.73. The summed E-state index contributed by atoms with van der Waals surface area (Å²) in [4.78, 5) is 2.34. The largest absolute Gasteiger partial charge is 0.495 e. The average molecular weight is 738 g/mol. The van der Waals surface area contributed by atoms with E-state index in [1.165, 1.54) is 11.1 Å². The molecule has 238 valence electrons. The first-order chi connectivity index (χ1) is 23.0. The number of hydrogen-bond acceptors (Lipinski definition) is 4. The number of benzene rings is 5. The minimum Gasteiger partial charge on any atom is -0.495 e. The molecule has 0 bridgehead atoms. The molecule has 1 saturated heterocycles. The van der Waals surface area contributed by atoms with Gasteiger partial charge in [-0.15, -0.1) is 0 Å². The van der Waals surface area contributed by atoms with Gasteiger partial charge in [0.2, 0.25) is 0 Å². The molecule has 0 radical (unpaired) electrons. The van der Waals surface area contributed by atoms with Gasteiger partial charge in [0.25, 0.3) is 0 Å². The van der Waals surface area contributed by atoms with Crippen LogP contribution in [0.2, 0.25) is 0 Å². The van der Waals surface area contributed by atoms with Crippen LogP contribution in [0.15, 0.2) is 91.0 Å². The standard InChI is InChI=1S/C41H37FINO3/c1-4-40(5-2)37-32(22-28(42)23-33(37)43)36-30-24-34(44-18-20-46-21-19-44)35(45-3)25-31(30)39-29(38(36)40)16-17-41(47-39,26-12-8-6-9-13-26)27-14-10-7-11-15-27/h6-17,22-25H,4-5,18-21H2,1-3H3. The highest BCUT2D eigenvalue weighted by Gasteiger charge is 2.48. The molecule has 0 N–H and O–H groups in total. The summed E-state index contributed by atoms with van der Waals surface area (Å²) in [6.45, 7) is 7.39. The van der Waals surface area contributed by atoms with Crippen LogP contribution in [0.1, 0.15) is 54.5 Å². The zero-order chi connectivity index (χ0) is 32.3. The second kappa shape index (κ2) is 11.7. The Labute approximate surface area is 289 Å². The third-order valence-corrected chi connectivity index (χ3v) is 11.4. The van der Waals surface area contributed by atoms with Crippen LogP contribution in [0, 0.1) is 9.39 Å². The average Bonchev–Trinajstić information content (AvgIpc) is 3.43. The smallest absolute Gasteiger partial charge is 0.178 e. The summed E-state index contributed by atoms with van der Waals surface area (Å²) in [6.07, 6.45) is 6.25. The van der Waals surface area contributed by atoms with Gasteiger partial charge in [-0.2, -0.15) is 0 Å². The summed E-state index contributed by atoms with van der Waals surface area (Å²) in [6, 6.07) is 28.7. The fourth-order valence-corrected chi connectivity index (χ4v) is 9.44. The first kappa shape index (κ1) is 30.5. The van der Waals surface area contributed by atoms with Crippen molar-refractivity contribution in [3.63, 3.8) is 0 Å². The number of halogens is 2. The van der Waals surface area contributed by atoms with Crippen LogP contribution in [0.5, 0.6) is 11.5 Å². The predicted molar refractivity (Wildman–Crippen MR) is 196 cm³/mol. The number of nitrogens with zero attached hydrogens (tertiary/aromatic N) is 1. The van der Waals surface area contributed by atoms with Gasteiger partial charge in [-0.1, -0.05) is 80.6 Å². The monoisotopic (exact) mass is 737 g/mol. The molecule has 0 spiro atoms. The fraction of sp³-hybridized carbons (Fsp3) is 0.268. The molecular weight excluding hydrogens is 700 g/mol. The number of methoxy groups -OCH3 is 1. The zero-order valence-electron chi connectivity index (χ0n) is 26.9. The van der Waals surface area contributed by atoms with E-state index in [2.05, 4.69) is 114 Å². The maximum absolute atomic E-state index is 15.4. The van der Waals surface area contributed by atoms with Crippen molar-refractivity contribution in [2.24, 2.45) is 0 Å². The normalized spacial score (nSPS) is 17.2. The van der Waals surface area contributed by atoms with Gasteiger partial charge in [0.15, 0.2) is 5.60 Å². The quantitative estimate of drug-likeness (QED) is 0.163. The lowest BCUT2D eigenvalue weighted by Gasteiger charge is -2.39. The molecule has 6 heteroatoms. The Morgan fingerprint density at radius 2 is 1.51 bits per heavy atom. The molecule has 5 aromatic carbocycles. The second-order valence-corrected chi connectivity index (χ2v) is 13.8. The Morgan fingerprint density at radius 1 is 0.851 bits per heavy atom. The molecule has 0 aromatic heterocycles. The fourth-order valence-electron chi connectivity index (χ4n) is 8.34. The maximum atomic E-state index is 15.4. The summed E-state index contributed by atoms with van der Waals surface area (Å²) >= 11 is 2.34. The van der Waals surface area contributed by atoms with Crippen molar-refractivity contribution in [1.29, 1.82) is 0 Å². The molecule has 1 aliphatic carbocycles. The van der Waals surface area contributed by atoms with Crippen molar-refractivity contribution in [3.05, 3.63) is 128 Å². The van der Waals surface area contributed by atoms with Crippen LogP contribution in [-0.4, -0.2) is 33.4 Å². The minimum absolute atomic E-state index is 0.214. The predicted octanol–water partition coefficient (Wildman–Crippen LogP) is 9.86. The van der Waals surface area contributed by atoms with Crippen LogP contribution < -0.4 is 14.4 Å². The summed E-state index contributed by atoms with van der Waals surface area (Å²) < 4.78 is 35.7. The van der Waals surface area contributed by atoms with Gasteiger partial charge in [0.05, 0.1) is 26.0 Å². The molecule has 47 heavy (non-hydrogen) atoms. The molecule has 0 amide bonds. The second-order valence-electron chi connectivity index (χ2n) is 12.7. The van der Waals surface area contributed by atoms with Gasteiger partial charge in [0.1, 0.15) is 17.3 Å². The molecule has 4 nitrogen and oxygen atoms in total.